The average molecular weight is 173 g/mol. The highest BCUT2D eigenvalue weighted by Gasteiger charge is 2.35. The second-order valence-electron chi connectivity index (χ2n) is 3.50. The Morgan fingerprint density at radius 2 is 2.00 bits per heavy atom. The maximum absolute atomic E-state index is 13.5. The fourth-order valence-corrected chi connectivity index (χ4v) is 3.76. The Balaban J connectivity index is 4.31. The monoisotopic (exact) mass is 173 g/mol. The normalized spacial score (nSPS) is 17.1. The molecule has 0 spiro atoms. The SMILES string of the molecule is CCC(C(C)C#N)[Si](C)(C)F. The summed E-state index contributed by atoms with van der Waals surface area (Å²) >= 11 is 0. The van der Waals surface area contributed by atoms with Crippen LogP contribution in [0.15, 0.2) is 0 Å². The molecule has 3 heteroatoms. The van der Waals surface area contributed by atoms with Gasteiger partial charge in [-0.1, -0.05) is 13.3 Å². The van der Waals surface area contributed by atoms with Crippen LogP contribution >= 0.6 is 0 Å². The first-order chi connectivity index (χ1) is 4.93. The zero-order valence-corrected chi connectivity index (χ0v) is 8.69. The summed E-state index contributed by atoms with van der Waals surface area (Å²) in [7, 11) is -2.59. The molecule has 0 saturated carbocycles. The lowest BCUT2D eigenvalue weighted by Gasteiger charge is -2.24. The quantitative estimate of drug-likeness (QED) is 0.475. The molecule has 0 aliphatic carbocycles. The van der Waals surface area contributed by atoms with Gasteiger partial charge >= 0.3 is 0 Å². The van der Waals surface area contributed by atoms with Crippen LogP contribution in [0.1, 0.15) is 20.3 Å². The molecule has 0 heterocycles. The Morgan fingerprint density at radius 3 is 2.09 bits per heavy atom. The zero-order chi connectivity index (χ0) is 9.07. The number of hydrogen-bond donors (Lipinski definition) is 0. The molecule has 0 rings (SSSR count). The second-order valence-corrected chi connectivity index (χ2v) is 7.37. The minimum Gasteiger partial charge on any atom is -0.314 e. The van der Waals surface area contributed by atoms with Crippen molar-refractivity contribution in [1.29, 1.82) is 5.26 Å². The van der Waals surface area contributed by atoms with Gasteiger partial charge < -0.3 is 4.11 Å². The number of nitriles is 1. The lowest BCUT2D eigenvalue weighted by atomic mass is 10.1. The molecule has 64 valence electrons. The Hall–Kier alpha value is -0.363. The highest BCUT2D eigenvalue weighted by atomic mass is 28.4. The molecular formula is C8H16FNSi. The fourth-order valence-electron chi connectivity index (χ4n) is 1.52. The molecule has 2 unspecified atom stereocenters. The number of nitrogens with zero attached hydrogens (tertiary/aromatic N) is 1. The third-order valence-corrected chi connectivity index (χ3v) is 4.80. The Labute approximate surface area is 69.4 Å². The molecule has 0 aliphatic heterocycles. The van der Waals surface area contributed by atoms with Gasteiger partial charge in [0.25, 0.3) is 0 Å². The van der Waals surface area contributed by atoms with Crippen LogP contribution in [-0.4, -0.2) is 8.41 Å². The van der Waals surface area contributed by atoms with Crippen LogP contribution in [0.2, 0.25) is 18.6 Å². The summed E-state index contributed by atoms with van der Waals surface area (Å²) in [5.41, 5.74) is -0.00694. The van der Waals surface area contributed by atoms with E-state index in [-0.39, 0.29) is 11.5 Å². The molecule has 0 amide bonds. The van der Waals surface area contributed by atoms with Crippen molar-refractivity contribution in [2.75, 3.05) is 0 Å². The largest absolute Gasteiger partial charge is 0.314 e. The van der Waals surface area contributed by atoms with Crippen LogP contribution in [0.5, 0.6) is 0 Å². The zero-order valence-electron chi connectivity index (χ0n) is 7.69. The van der Waals surface area contributed by atoms with Crippen molar-refractivity contribution in [3.63, 3.8) is 0 Å². The van der Waals surface area contributed by atoms with Crippen LogP contribution in [0.4, 0.5) is 4.11 Å². The van der Waals surface area contributed by atoms with Gasteiger partial charge in [0.1, 0.15) is 0 Å². The van der Waals surface area contributed by atoms with E-state index in [4.69, 9.17) is 5.26 Å². The van der Waals surface area contributed by atoms with E-state index < -0.39 is 8.41 Å². The topological polar surface area (TPSA) is 23.8 Å². The van der Waals surface area contributed by atoms with Crippen molar-refractivity contribution in [2.24, 2.45) is 5.92 Å². The van der Waals surface area contributed by atoms with Gasteiger partial charge in [-0.2, -0.15) is 5.26 Å². The van der Waals surface area contributed by atoms with Crippen molar-refractivity contribution in [2.45, 2.75) is 38.9 Å². The van der Waals surface area contributed by atoms with Crippen molar-refractivity contribution in [3.8, 4) is 6.07 Å². The van der Waals surface area contributed by atoms with Crippen LogP contribution in [-0.2, 0) is 0 Å². The van der Waals surface area contributed by atoms with Crippen molar-refractivity contribution in [3.05, 3.63) is 0 Å². The van der Waals surface area contributed by atoms with Gasteiger partial charge in [-0.15, -0.1) is 0 Å². The molecule has 11 heavy (non-hydrogen) atoms. The summed E-state index contributed by atoms with van der Waals surface area (Å²) in [5, 5.41) is 8.61. The molecule has 2 atom stereocenters. The van der Waals surface area contributed by atoms with Gasteiger partial charge in [0.05, 0.1) is 6.07 Å². The van der Waals surface area contributed by atoms with Gasteiger partial charge in [0.2, 0.25) is 8.41 Å². The summed E-state index contributed by atoms with van der Waals surface area (Å²) < 4.78 is 13.5. The first-order valence-electron chi connectivity index (χ1n) is 4.02. The van der Waals surface area contributed by atoms with E-state index >= 15 is 0 Å². The van der Waals surface area contributed by atoms with E-state index in [2.05, 4.69) is 6.07 Å². The van der Waals surface area contributed by atoms with Crippen molar-refractivity contribution < 1.29 is 4.11 Å². The molecule has 0 saturated heterocycles. The van der Waals surface area contributed by atoms with E-state index in [0.717, 1.165) is 6.42 Å². The minimum atomic E-state index is -2.59. The Kier molecular flexibility index (Phi) is 3.74. The average Bonchev–Trinajstić information content (AvgIpc) is 1.86. The maximum Gasteiger partial charge on any atom is 0.245 e. The smallest absolute Gasteiger partial charge is 0.245 e. The van der Waals surface area contributed by atoms with Gasteiger partial charge in [-0.3, -0.25) is 0 Å². The fraction of sp³-hybridized carbons (Fsp3) is 0.875. The molecule has 0 aromatic heterocycles. The Bertz CT molecular complexity index is 156. The highest BCUT2D eigenvalue weighted by molar-refractivity contribution is 6.72. The van der Waals surface area contributed by atoms with E-state index in [9.17, 15) is 4.11 Å². The van der Waals surface area contributed by atoms with Gasteiger partial charge in [0.15, 0.2) is 0 Å². The molecule has 0 N–H and O–H groups in total. The van der Waals surface area contributed by atoms with Crippen LogP contribution in [0.25, 0.3) is 0 Å². The highest BCUT2D eigenvalue weighted by Crippen LogP contribution is 2.33. The first-order valence-corrected chi connectivity index (χ1v) is 6.97. The van der Waals surface area contributed by atoms with Gasteiger partial charge in [-0.05, 0) is 25.6 Å². The predicted molar refractivity (Wildman–Crippen MR) is 47.4 cm³/mol. The predicted octanol–water partition coefficient (Wildman–Crippen LogP) is 3.10. The molecule has 1 nitrogen and oxygen atoms in total. The molecule has 0 fully saturated rings. The van der Waals surface area contributed by atoms with Crippen LogP contribution in [0, 0.1) is 17.2 Å². The van der Waals surface area contributed by atoms with Gasteiger partial charge in [-0.25, -0.2) is 0 Å². The third kappa shape index (κ3) is 3.02. The molecule has 0 aromatic rings. The standard InChI is InChI=1S/C8H16FNSi/c1-5-8(7(2)6-10)11(3,4)9/h7-8H,5H2,1-4H3. The molecule has 0 bridgehead atoms. The van der Waals surface area contributed by atoms with E-state index in [1.54, 1.807) is 13.1 Å². The van der Waals surface area contributed by atoms with Crippen LogP contribution in [0.3, 0.4) is 0 Å². The number of rotatable bonds is 3. The minimum absolute atomic E-state index is 0.00694. The van der Waals surface area contributed by atoms with Crippen LogP contribution < -0.4 is 0 Å². The van der Waals surface area contributed by atoms with Gasteiger partial charge in [0, 0.05) is 5.92 Å². The lowest BCUT2D eigenvalue weighted by molar-refractivity contribution is 0.574. The van der Waals surface area contributed by atoms with Crippen molar-refractivity contribution in [1.82, 2.24) is 0 Å². The molecule has 0 radical (unpaired) electrons. The first kappa shape index (κ1) is 10.6. The molecule has 0 aliphatic rings. The summed E-state index contributed by atoms with van der Waals surface area (Å²) in [6.45, 7) is 7.11. The Morgan fingerprint density at radius 1 is 1.55 bits per heavy atom. The maximum atomic E-state index is 13.5. The lowest BCUT2D eigenvalue weighted by Crippen LogP contribution is -2.30. The molecule has 0 aromatic carbocycles. The number of hydrogen-bond acceptors (Lipinski definition) is 1. The summed E-state index contributed by atoms with van der Waals surface area (Å²) in [5.74, 6) is -0.133. The van der Waals surface area contributed by atoms with E-state index in [1.807, 2.05) is 13.8 Å². The summed E-state index contributed by atoms with van der Waals surface area (Å²) in [6, 6.07) is 2.12. The summed E-state index contributed by atoms with van der Waals surface area (Å²) in [4.78, 5) is 0. The number of halogens is 1. The third-order valence-electron chi connectivity index (χ3n) is 2.13. The second kappa shape index (κ2) is 3.87. The van der Waals surface area contributed by atoms with E-state index in [0.29, 0.717) is 0 Å². The summed E-state index contributed by atoms with van der Waals surface area (Å²) in [6.07, 6.45) is 0.782. The van der Waals surface area contributed by atoms with Crippen molar-refractivity contribution >= 4 is 8.41 Å². The van der Waals surface area contributed by atoms with E-state index in [1.165, 1.54) is 0 Å². The molecular weight excluding hydrogens is 157 g/mol.